The molecule has 1 unspecified atom stereocenters. The molecule has 0 saturated heterocycles. The van der Waals surface area contributed by atoms with Crippen LogP contribution >= 0.6 is 0 Å². The van der Waals surface area contributed by atoms with Crippen molar-refractivity contribution >= 4 is 17.5 Å². The Bertz CT molecular complexity index is 1460. The molecule has 36 heavy (non-hydrogen) atoms. The molecule has 2 aromatic heterocycles. The van der Waals surface area contributed by atoms with E-state index >= 15 is 0 Å². The van der Waals surface area contributed by atoms with E-state index in [0.29, 0.717) is 31.7 Å². The van der Waals surface area contributed by atoms with Gasteiger partial charge in [0.15, 0.2) is 5.82 Å². The van der Waals surface area contributed by atoms with Crippen LogP contribution in [0.2, 0.25) is 0 Å². The Hall–Kier alpha value is -4.46. The lowest BCUT2D eigenvalue weighted by molar-refractivity contribution is -0.124. The standard InChI is InChI=1S/C28H28N6O2/c1-18-22(10-13-25(29)33-18)16-32-27(35)24-12-11-23-17-31-26(28(36)34(23)24)30-15-19-6-5-9-21(14-19)20-7-3-2-4-8-20/h2-10,13-14,17,24H,11-12,15-16H2,1H3,(H2,29,33)(H,30,31)(H,32,35). The summed E-state index contributed by atoms with van der Waals surface area (Å²) in [6.45, 7) is 2.63. The molecule has 0 saturated carbocycles. The monoisotopic (exact) mass is 480 g/mol. The largest absolute Gasteiger partial charge is 0.384 e. The number of carbonyl (C=O) groups is 1. The maximum Gasteiger partial charge on any atom is 0.294 e. The lowest BCUT2D eigenvalue weighted by Crippen LogP contribution is -2.36. The number of hydrogen-bond donors (Lipinski definition) is 3. The molecule has 4 aromatic rings. The second kappa shape index (κ2) is 10.0. The highest BCUT2D eigenvalue weighted by atomic mass is 16.2. The number of nitrogen functional groups attached to an aromatic ring is 1. The van der Waals surface area contributed by atoms with Gasteiger partial charge in [0.25, 0.3) is 5.56 Å². The molecule has 5 rings (SSSR count). The van der Waals surface area contributed by atoms with Gasteiger partial charge >= 0.3 is 0 Å². The van der Waals surface area contributed by atoms with Gasteiger partial charge in [-0.25, -0.2) is 9.97 Å². The minimum Gasteiger partial charge on any atom is -0.384 e. The highest BCUT2D eigenvalue weighted by molar-refractivity contribution is 5.81. The Kier molecular flexibility index (Phi) is 6.49. The first-order chi connectivity index (χ1) is 17.5. The van der Waals surface area contributed by atoms with Crippen LogP contribution in [0.15, 0.2) is 77.7 Å². The molecule has 3 heterocycles. The normalized spacial score (nSPS) is 14.3. The second-order valence-corrected chi connectivity index (χ2v) is 8.95. The molecule has 8 nitrogen and oxygen atoms in total. The van der Waals surface area contributed by atoms with Crippen LogP contribution in [0.4, 0.5) is 11.6 Å². The van der Waals surface area contributed by atoms with Crippen LogP contribution in [-0.4, -0.2) is 20.4 Å². The van der Waals surface area contributed by atoms with Gasteiger partial charge in [0.1, 0.15) is 11.9 Å². The van der Waals surface area contributed by atoms with E-state index in [4.69, 9.17) is 5.73 Å². The van der Waals surface area contributed by atoms with Gasteiger partial charge in [0.2, 0.25) is 5.91 Å². The van der Waals surface area contributed by atoms with Crippen molar-refractivity contribution in [3.8, 4) is 11.1 Å². The van der Waals surface area contributed by atoms with Crippen LogP contribution < -0.4 is 21.9 Å². The molecule has 1 aliphatic heterocycles. The van der Waals surface area contributed by atoms with Gasteiger partial charge in [0, 0.05) is 30.7 Å². The van der Waals surface area contributed by atoms with Gasteiger partial charge < -0.3 is 16.4 Å². The van der Waals surface area contributed by atoms with Crippen molar-refractivity contribution in [2.75, 3.05) is 11.1 Å². The summed E-state index contributed by atoms with van der Waals surface area (Å²) in [7, 11) is 0. The summed E-state index contributed by atoms with van der Waals surface area (Å²) in [5.74, 6) is 0.486. The SMILES string of the molecule is Cc1nc(N)ccc1CNC(=O)C1CCc2cnc(NCc3cccc(-c4ccccc4)c3)c(=O)n21. The molecule has 0 spiro atoms. The number of carbonyl (C=O) groups excluding carboxylic acids is 1. The number of rotatable bonds is 7. The first kappa shape index (κ1) is 23.3. The molecular formula is C28H28N6O2. The van der Waals surface area contributed by atoms with Gasteiger partial charge in [-0.2, -0.15) is 0 Å². The number of benzene rings is 2. The first-order valence-electron chi connectivity index (χ1n) is 12.0. The lowest BCUT2D eigenvalue weighted by atomic mass is 10.0. The summed E-state index contributed by atoms with van der Waals surface area (Å²) < 4.78 is 1.57. The molecule has 0 bridgehead atoms. The molecule has 0 fully saturated rings. The number of anilines is 2. The number of hydrogen-bond acceptors (Lipinski definition) is 6. The van der Waals surface area contributed by atoms with Crippen LogP contribution in [0.5, 0.6) is 0 Å². The van der Waals surface area contributed by atoms with E-state index in [1.54, 1.807) is 16.8 Å². The predicted octanol–water partition coefficient (Wildman–Crippen LogP) is 3.61. The van der Waals surface area contributed by atoms with Crippen molar-refractivity contribution in [2.45, 2.75) is 38.9 Å². The summed E-state index contributed by atoms with van der Waals surface area (Å²) in [5, 5.41) is 6.12. The summed E-state index contributed by atoms with van der Waals surface area (Å²) >= 11 is 0. The molecule has 0 aliphatic carbocycles. The molecule has 8 heteroatoms. The molecule has 2 aromatic carbocycles. The minimum absolute atomic E-state index is 0.195. The number of aryl methyl sites for hydroxylation is 2. The zero-order valence-electron chi connectivity index (χ0n) is 20.1. The van der Waals surface area contributed by atoms with Gasteiger partial charge in [0.05, 0.1) is 0 Å². The highest BCUT2D eigenvalue weighted by Crippen LogP contribution is 2.25. The van der Waals surface area contributed by atoms with Crippen molar-refractivity contribution in [2.24, 2.45) is 0 Å². The maximum absolute atomic E-state index is 13.3. The van der Waals surface area contributed by atoms with Crippen LogP contribution in [-0.2, 0) is 24.3 Å². The Morgan fingerprint density at radius 3 is 2.67 bits per heavy atom. The number of amides is 1. The van der Waals surface area contributed by atoms with Gasteiger partial charge in [-0.15, -0.1) is 0 Å². The quantitative estimate of drug-likeness (QED) is 0.372. The molecule has 0 radical (unpaired) electrons. The average molecular weight is 481 g/mol. The van der Waals surface area contributed by atoms with Crippen LogP contribution in [0.1, 0.15) is 35.0 Å². The first-order valence-corrected chi connectivity index (χ1v) is 12.0. The van der Waals surface area contributed by atoms with Crippen molar-refractivity contribution in [3.05, 3.63) is 106 Å². The fourth-order valence-corrected chi connectivity index (χ4v) is 4.58. The van der Waals surface area contributed by atoms with Crippen LogP contribution in [0.25, 0.3) is 11.1 Å². The molecule has 4 N–H and O–H groups in total. The number of aromatic nitrogens is 3. The van der Waals surface area contributed by atoms with E-state index in [1.807, 2.05) is 43.3 Å². The molecular weight excluding hydrogens is 452 g/mol. The number of nitrogens with one attached hydrogen (secondary N) is 2. The van der Waals surface area contributed by atoms with Gasteiger partial charge in [-0.1, -0.05) is 54.6 Å². The van der Waals surface area contributed by atoms with E-state index in [-0.39, 0.29) is 17.3 Å². The van der Waals surface area contributed by atoms with Crippen molar-refractivity contribution in [3.63, 3.8) is 0 Å². The fraction of sp³-hybridized carbons (Fsp3) is 0.214. The molecule has 1 amide bonds. The lowest BCUT2D eigenvalue weighted by Gasteiger charge is -2.16. The zero-order valence-corrected chi connectivity index (χ0v) is 20.1. The topological polar surface area (TPSA) is 115 Å². The van der Waals surface area contributed by atoms with E-state index in [9.17, 15) is 9.59 Å². The third-order valence-electron chi connectivity index (χ3n) is 6.53. The van der Waals surface area contributed by atoms with Crippen molar-refractivity contribution < 1.29 is 4.79 Å². The Balaban J connectivity index is 1.29. The van der Waals surface area contributed by atoms with Crippen molar-refractivity contribution in [1.82, 2.24) is 19.9 Å². The molecule has 182 valence electrons. The zero-order chi connectivity index (χ0) is 25.1. The van der Waals surface area contributed by atoms with Gasteiger partial charge in [-0.05, 0) is 54.2 Å². The number of nitrogens with two attached hydrogens (primary N) is 1. The van der Waals surface area contributed by atoms with Crippen molar-refractivity contribution in [1.29, 1.82) is 0 Å². The average Bonchev–Trinajstić information content (AvgIpc) is 3.34. The summed E-state index contributed by atoms with van der Waals surface area (Å²) in [6, 6.07) is 21.3. The number of pyridine rings is 1. The Morgan fingerprint density at radius 2 is 1.86 bits per heavy atom. The maximum atomic E-state index is 13.3. The van der Waals surface area contributed by atoms with Crippen LogP contribution in [0.3, 0.4) is 0 Å². The Morgan fingerprint density at radius 1 is 1.06 bits per heavy atom. The summed E-state index contributed by atoms with van der Waals surface area (Å²) in [4.78, 5) is 34.9. The minimum atomic E-state index is -0.570. The summed E-state index contributed by atoms with van der Waals surface area (Å²) in [6.07, 6.45) is 2.87. The Labute approximate surface area is 209 Å². The molecule has 1 atom stereocenters. The third-order valence-corrected chi connectivity index (χ3v) is 6.53. The highest BCUT2D eigenvalue weighted by Gasteiger charge is 2.30. The predicted molar refractivity (Wildman–Crippen MR) is 140 cm³/mol. The number of fused-ring (bicyclic) bond motifs is 1. The van der Waals surface area contributed by atoms with E-state index in [2.05, 4.69) is 44.9 Å². The smallest absolute Gasteiger partial charge is 0.294 e. The third kappa shape index (κ3) is 4.84. The van der Waals surface area contributed by atoms with E-state index < -0.39 is 6.04 Å². The number of nitrogens with zero attached hydrogens (tertiary/aromatic N) is 3. The van der Waals surface area contributed by atoms with Crippen LogP contribution in [0, 0.1) is 6.92 Å². The van der Waals surface area contributed by atoms with Gasteiger partial charge in [-0.3, -0.25) is 14.2 Å². The van der Waals surface area contributed by atoms with E-state index in [0.717, 1.165) is 33.6 Å². The second-order valence-electron chi connectivity index (χ2n) is 8.95. The fourth-order valence-electron chi connectivity index (χ4n) is 4.58. The van der Waals surface area contributed by atoms with E-state index in [1.165, 1.54) is 0 Å². The molecule has 1 aliphatic rings. The summed E-state index contributed by atoms with van der Waals surface area (Å²) in [5.41, 5.74) is 11.1.